The molecule has 0 radical (unpaired) electrons. The van der Waals surface area contributed by atoms with Crippen molar-refractivity contribution in [3.8, 4) is 16.9 Å². The van der Waals surface area contributed by atoms with Crippen molar-refractivity contribution in [2.45, 2.75) is 32.0 Å². The highest BCUT2D eigenvalue weighted by molar-refractivity contribution is 5.63. The molecule has 0 saturated heterocycles. The van der Waals surface area contributed by atoms with Gasteiger partial charge in [0.05, 0.1) is 24.0 Å². The summed E-state index contributed by atoms with van der Waals surface area (Å²) >= 11 is 0. The van der Waals surface area contributed by atoms with Gasteiger partial charge in [0.2, 0.25) is 0 Å². The highest BCUT2D eigenvalue weighted by Crippen LogP contribution is 2.34. The molecule has 4 aromatic rings. The molecule has 146 valence electrons. The summed E-state index contributed by atoms with van der Waals surface area (Å²) in [6.45, 7) is 1.46. The van der Waals surface area contributed by atoms with E-state index in [9.17, 15) is 0 Å². The molecule has 2 heterocycles. The van der Waals surface area contributed by atoms with E-state index in [1.807, 2.05) is 45.8 Å². The van der Waals surface area contributed by atoms with Crippen molar-refractivity contribution >= 4 is 0 Å². The first-order valence-electron chi connectivity index (χ1n) is 9.92. The molecular formula is C22H23N7. The van der Waals surface area contributed by atoms with Crippen molar-refractivity contribution in [3.63, 3.8) is 0 Å². The van der Waals surface area contributed by atoms with Gasteiger partial charge < -0.3 is 0 Å². The van der Waals surface area contributed by atoms with Gasteiger partial charge in [-0.05, 0) is 42.4 Å². The zero-order valence-electron chi connectivity index (χ0n) is 16.4. The van der Waals surface area contributed by atoms with E-state index < -0.39 is 0 Å². The number of hydrogen-bond acceptors (Lipinski definition) is 5. The average Bonchev–Trinajstić information content (AvgIpc) is 3.36. The fraction of sp³-hybridized carbons (Fsp3) is 0.273. The second kappa shape index (κ2) is 7.60. The van der Waals surface area contributed by atoms with E-state index in [0.29, 0.717) is 12.6 Å². The third-order valence-electron chi connectivity index (χ3n) is 5.16. The van der Waals surface area contributed by atoms with E-state index in [1.165, 1.54) is 18.4 Å². The van der Waals surface area contributed by atoms with Crippen LogP contribution in [0.2, 0.25) is 0 Å². The quantitative estimate of drug-likeness (QED) is 0.487. The number of nitrogens with zero attached hydrogens (tertiary/aromatic N) is 7. The number of tetrazole rings is 1. The highest BCUT2D eigenvalue weighted by atomic mass is 15.6. The van der Waals surface area contributed by atoms with Crippen molar-refractivity contribution < 1.29 is 0 Å². The monoisotopic (exact) mass is 385 g/mol. The van der Waals surface area contributed by atoms with E-state index in [2.05, 4.69) is 57.9 Å². The standard InChI is InChI=1S/C22H23N7/c1-27(16-21-23-25-26-29(21)20-12-13-20)14-18-15-28(19-10-6-3-7-11-19)24-22(18)17-8-4-2-5-9-17/h2-11,15,20H,12-14,16H2,1H3. The van der Waals surface area contributed by atoms with Gasteiger partial charge in [-0.1, -0.05) is 48.5 Å². The molecule has 0 unspecified atom stereocenters. The van der Waals surface area contributed by atoms with Crippen LogP contribution in [-0.2, 0) is 13.1 Å². The van der Waals surface area contributed by atoms with Gasteiger partial charge in [0.1, 0.15) is 0 Å². The Morgan fingerprint density at radius 1 is 0.966 bits per heavy atom. The van der Waals surface area contributed by atoms with E-state index in [-0.39, 0.29) is 0 Å². The lowest BCUT2D eigenvalue weighted by molar-refractivity contribution is 0.302. The van der Waals surface area contributed by atoms with Crippen LogP contribution < -0.4 is 0 Å². The van der Waals surface area contributed by atoms with Crippen LogP contribution in [0, 0.1) is 0 Å². The number of aromatic nitrogens is 6. The van der Waals surface area contributed by atoms with E-state index in [1.54, 1.807) is 0 Å². The summed E-state index contributed by atoms with van der Waals surface area (Å²) in [5.74, 6) is 0.923. The Hall–Kier alpha value is -3.32. The van der Waals surface area contributed by atoms with E-state index >= 15 is 0 Å². The smallest absolute Gasteiger partial charge is 0.165 e. The molecule has 1 saturated carbocycles. The van der Waals surface area contributed by atoms with Crippen molar-refractivity contribution in [1.82, 2.24) is 34.9 Å². The highest BCUT2D eigenvalue weighted by Gasteiger charge is 2.28. The summed E-state index contributed by atoms with van der Waals surface area (Å²) in [4.78, 5) is 2.24. The van der Waals surface area contributed by atoms with Crippen LogP contribution in [0.25, 0.3) is 16.9 Å². The SMILES string of the molecule is CN(Cc1cn(-c2ccccc2)nc1-c1ccccc1)Cc1nnnn1C1CC1. The maximum Gasteiger partial charge on any atom is 0.165 e. The van der Waals surface area contributed by atoms with Crippen LogP contribution in [0.3, 0.4) is 0 Å². The minimum atomic E-state index is 0.481. The van der Waals surface area contributed by atoms with E-state index in [4.69, 9.17) is 5.10 Å². The third kappa shape index (κ3) is 3.82. The molecule has 1 aliphatic rings. The number of hydrogen-bond donors (Lipinski definition) is 0. The Morgan fingerprint density at radius 3 is 2.41 bits per heavy atom. The first-order valence-corrected chi connectivity index (χ1v) is 9.92. The Balaban J connectivity index is 1.43. The topological polar surface area (TPSA) is 64.7 Å². The molecule has 0 aliphatic heterocycles. The molecule has 5 rings (SSSR count). The first kappa shape index (κ1) is 17.8. The minimum absolute atomic E-state index is 0.481. The second-order valence-corrected chi connectivity index (χ2v) is 7.59. The molecular weight excluding hydrogens is 362 g/mol. The maximum absolute atomic E-state index is 4.90. The zero-order valence-corrected chi connectivity index (χ0v) is 16.4. The van der Waals surface area contributed by atoms with Gasteiger partial charge in [0.15, 0.2) is 5.82 Å². The largest absolute Gasteiger partial charge is 0.295 e. The second-order valence-electron chi connectivity index (χ2n) is 7.59. The lowest BCUT2D eigenvalue weighted by Crippen LogP contribution is -2.20. The summed E-state index contributed by atoms with van der Waals surface area (Å²) in [5, 5.41) is 17.2. The van der Waals surface area contributed by atoms with Crippen LogP contribution in [0.15, 0.2) is 66.9 Å². The average molecular weight is 385 g/mol. The van der Waals surface area contributed by atoms with Crippen molar-refractivity contribution in [2.75, 3.05) is 7.05 Å². The summed E-state index contributed by atoms with van der Waals surface area (Å²) in [7, 11) is 2.10. The molecule has 0 N–H and O–H groups in total. The summed E-state index contributed by atoms with van der Waals surface area (Å²) in [5.41, 5.74) is 4.35. The van der Waals surface area contributed by atoms with Crippen LogP contribution in [0.5, 0.6) is 0 Å². The van der Waals surface area contributed by atoms with Crippen LogP contribution >= 0.6 is 0 Å². The molecule has 1 aliphatic carbocycles. The molecule has 2 aromatic carbocycles. The van der Waals surface area contributed by atoms with Crippen LogP contribution in [-0.4, -0.2) is 41.9 Å². The number of benzene rings is 2. The Kier molecular flexibility index (Phi) is 4.65. The minimum Gasteiger partial charge on any atom is -0.295 e. The molecule has 7 heteroatoms. The lowest BCUT2D eigenvalue weighted by atomic mass is 10.1. The lowest BCUT2D eigenvalue weighted by Gasteiger charge is -2.16. The zero-order chi connectivity index (χ0) is 19.6. The molecule has 29 heavy (non-hydrogen) atoms. The van der Waals surface area contributed by atoms with Gasteiger partial charge >= 0.3 is 0 Å². The molecule has 0 bridgehead atoms. The fourth-order valence-electron chi connectivity index (χ4n) is 3.58. The Labute approximate surface area is 169 Å². The predicted molar refractivity (Wildman–Crippen MR) is 110 cm³/mol. The van der Waals surface area contributed by atoms with Crippen LogP contribution in [0.4, 0.5) is 0 Å². The maximum atomic E-state index is 4.90. The van der Waals surface area contributed by atoms with Crippen LogP contribution in [0.1, 0.15) is 30.3 Å². The van der Waals surface area contributed by atoms with E-state index in [0.717, 1.165) is 29.3 Å². The fourth-order valence-corrected chi connectivity index (χ4v) is 3.58. The summed E-state index contributed by atoms with van der Waals surface area (Å²) in [6.07, 6.45) is 4.46. The van der Waals surface area contributed by atoms with Gasteiger partial charge in [-0.15, -0.1) is 5.10 Å². The molecule has 0 amide bonds. The van der Waals surface area contributed by atoms with Crippen molar-refractivity contribution in [3.05, 3.63) is 78.2 Å². The van der Waals surface area contributed by atoms with Crippen molar-refractivity contribution in [2.24, 2.45) is 0 Å². The van der Waals surface area contributed by atoms with Gasteiger partial charge in [0, 0.05) is 23.9 Å². The van der Waals surface area contributed by atoms with Gasteiger partial charge in [-0.3, -0.25) is 4.90 Å². The van der Waals surface area contributed by atoms with Gasteiger partial charge in [-0.2, -0.15) is 5.10 Å². The predicted octanol–water partition coefficient (Wildman–Crippen LogP) is 3.49. The summed E-state index contributed by atoms with van der Waals surface area (Å²) < 4.78 is 3.93. The molecule has 2 aromatic heterocycles. The van der Waals surface area contributed by atoms with Crippen molar-refractivity contribution in [1.29, 1.82) is 0 Å². The normalized spacial score (nSPS) is 13.9. The number of para-hydroxylation sites is 1. The number of rotatable bonds is 7. The molecule has 7 nitrogen and oxygen atoms in total. The first-order chi connectivity index (χ1) is 14.3. The van der Waals surface area contributed by atoms with Gasteiger partial charge in [0.25, 0.3) is 0 Å². The van der Waals surface area contributed by atoms with Gasteiger partial charge in [-0.25, -0.2) is 9.36 Å². The molecule has 0 spiro atoms. The molecule has 0 atom stereocenters. The summed E-state index contributed by atoms with van der Waals surface area (Å²) in [6, 6.07) is 21.0. The Morgan fingerprint density at radius 2 is 1.69 bits per heavy atom. The Bertz CT molecular complexity index is 1080. The molecule has 1 fully saturated rings. The third-order valence-corrected chi connectivity index (χ3v) is 5.16.